The molecule has 2 aliphatic heterocycles. The van der Waals surface area contributed by atoms with Gasteiger partial charge in [-0.3, -0.25) is 4.90 Å². The van der Waals surface area contributed by atoms with Crippen molar-refractivity contribution in [2.45, 2.75) is 11.3 Å². The van der Waals surface area contributed by atoms with E-state index in [4.69, 9.17) is 4.74 Å². The fourth-order valence-corrected chi connectivity index (χ4v) is 5.33. The minimum atomic E-state index is -3.22. The van der Waals surface area contributed by atoms with E-state index in [9.17, 15) is 8.42 Å². The summed E-state index contributed by atoms with van der Waals surface area (Å²) >= 11 is 0. The van der Waals surface area contributed by atoms with Crippen LogP contribution in [0.2, 0.25) is 0 Å². The third kappa shape index (κ3) is 3.42. The second-order valence-corrected chi connectivity index (χ2v) is 9.08. The standard InChI is InChI=1S/C20H24N2O3S/c23-26(24,19-15-25-16-19)22-13-11-21(12-14-22)20(17-7-3-1-4-8-17)18-9-5-2-6-10-18/h1-10,19-20H,11-16H2. The Hall–Kier alpha value is -1.73. The predicted octanol–water partition coefficient (Wildman–Crippen LogP) is 2.12. The Morgan fingerprint density at radius 1 is 0.808 bits per heavy atom. The zero-order valence-electron chi connectivity index (χ0n) is 14.7. The molecule has 0 saturated carbocycles. The van der Waals surface area contributed by atoms with Gasteiger partial charge < -0.3 is 4.74 Å². The molecular formula is C20H24N2O3S. The summed E-state index contributed by atoms with van der Waals surface area (Å²) in [4.78, 5) is 2.38. The van der Waals surface area contributed by atoms with Crippen molar-refractivity contribution in [3.63, 3.8) is 0 Å². The van der Waals surface area contributed by atoms with Gasteiger partial charge in [0.1, 0.15) is 5.25 Å². The van der Waals surface area contributed by atoms with Gasteiger partial charge in [0.2, 0.25) is 10.0 Å². The van der Waals surface area contributed by atoms with Crippen LogP contribution in [0.3, 0.4) is 0 Å². The molecule has 138 valence electrons. The van der Waals surface area contributed by atoms with Gasteiger partial charge >= 0.3 is 0 Å². The van der Waals surface area contributed by atoms with Crippen molar-refractivity contribution in [1.29, 1.82) is 0 Å². The summed E-state index contributed by atoms with van der Waals surface area (Å²) in [6.45, 7) is 3.19. The van der Waals surface area contributed by atoms with Gasteiger partial charge in [-0.25, -0.2) is 8.42 Å². The van der Waals surface area contributed by atoms with Gasteiger partial charge in [0.15, 0.2) is 0 Å². The summed E-state index contributed by atoms with van der Waals surface area (Å²) in [7, 11) is -3.22. The first-order chi connectivity index (χ1) is 12.7. The van der Waals surface area contributed by atoms with Gasteiger partial charge in [0.05, 0.1) is 19.3 Å². The van der Waals surface area contributed by atoms with E-state index in [1.165, 1.54) is 11.1 Å². The molecule has 26 heavy (non-hydrogen) atoms. The van der Waals surface area contributed by atoms with E-state index in [1.807, 2.05) is 12.1 Å². The average Bonchev–Trinajstić information content (AvgIpc) is 2.62. The molecule has 0 spiro atoms. The number of hydrogen-bond donors (Lipinski definition) is 0. The predicted molar refractivity (Wildman–Crippen MR) is 101 cm³/mol. The molecule has 0 N–H and O–H groups in total. The summed E-state index contributed by atoms with van der Waals surface area (Å²) in [5, 5.41) is -0.354. The molecule has 4 rings (SSSR count). The summed E-state index contributed by atoms with van der Waals surface area (Å²) in [5.74, 6) is 0. The largest absolute Gasteiger partial charge is 0.378 e. The zero-order valence-corrected chi connectivity index (χ0v) is 15.5. The average molecular weight is 372 g/mol. The first-order valence-corrected chi connectivity index (χ1v) is 10.6. The summed E-state index contributed by atoms with van der Waals surface area (Å²) in [6.07, 6.45) is 0. The molecule has 2 aromatic carbocycles. The highest BCUT2D eigenvalue weighted by Crippen LogP contribution is 2.30. The zero-order chi connectivity index (χ0) is 18.0. The number of sulfonamides is 1. The minimum absolute atomic E-state index is 0.147. The van der Waals surface area contributed by atoms with E-state index in [0.29, 0.717) is 26.3 Å². The van der Waals surface area contributed by atoms with Crippen LogP contribution in [-0.4, -0.2) is 62.3 Å². The van der Waals surface area contributed by atoms with Crippen molar-refractivity contribution in [2.24, 2.45) is 0 Å². The highest BCUT2D eigenvalue weighted by Gasteiger charge is 2.39. The van der Waals surface area contributed by atoms with Crippen LogP contribution in [0.25, 0.3) is 0 Å². The third-order valence-corrected chi connectivity index (χ3v) is 7.46. The van der Waals surface area contributed by atoms with Crippen molar-refractivity contribution in [1.82, 2.24) is 9.21 Å². The Kier molecular flexibility index (Phi) is 5.09. The molecule has 0 unspecified atom stereocenters. The Morgan fingerprint density at radius 3 is 1.73 bits per heavy atom. The molecule has 2 aliphatic rings. The molecule has 5 nitrogen and oxygen atoms in total. The quantitative estimate of drug-likeness (QED) is 0.807. The SMILES string of the molecule is O=S(=O)(C1COC1)N1CCN(C(c2ccccc2)c2ccccc2)CC1. The van der Waals surface area contributed by atoms with Gasteiger partial charge in [-0.2, -0.15) is 4.31 Å². The molecule has 6 heteroatoms. The van der Waals surface area contributed by atoms with Crippen molar-refractivity contribution >= 4 is 10.0 Å². The molecule has 0 bridgehead atoms. The first-order valence-electron chi connectivity index (χ1n) is 9.07. The van der Waals surface area contributed by atoms with Gasteiger partial charge in [0, 0.05) is 26.2 Å². The van der Waals surface area contributed by atoms with Crippen LogP contribution in [0.15, 0.2) is 60.7 Å². The third-order valence-electron chi connectivity index (χ3n) is 5.26. The second kappa shape index (κ2) is 7.48. The summed E-state index contributed by atoms with van der Waals surface area (Å²) in [5.41, 5.74) is 2.48. The maximum atomic E-state index is 12.6. The van der Waals surface area contributed by atoms with Crippen molar-refractivity contribution in [3.05, 3.63) is 71.8 Å². The van der Waals surface area contributed by atoms with Gasteiger partial charge in [-0.1, -0.05) is 60.7 Å². The number of hydrogen-bond acceptors (Lipinski definition) is 4. The molecule has 0 aliphatic carbocycles. The van der Waals surface area contributed by atoms with Gasteiger partial charge in [-0.15, -0.1) is 0 Å². The molecule has 0 radical (unpaired) electrons. The van der Waals surface area contributed by atoms with E-state index < -0.39 is 10.0 Å². The lowest BCUT2D eigenvalue weighted by molar-refractivity contribution is 0.0378. The molecule has 2 saturated heterocycles. The number of rotatable bonds is 5. The van der Waals surface area contributed by atoms with Crippen LogP contribution in [0, 0.1) is 0 Å². The lowest BCUT2D eigenvalue weighted by atomic mass is 9.96. The molecule has 2 fully saturated rings. The Bertz CT molecular complexity index is 775. The van der Waals surface area contributed by atoms with Crippen LogP contribution in [0.1, 0.15) is 17.2 Å². The number of piperazine rings is 1. The van der Waals surface area contributed by atoms with E-state index in [1.54, 1.807) is 4.31 Å². The van der Waals surface area contributed by atoms with Crippen LogP contribution in [0.4, 0.5) is 0 Å². The van der Waals surface area contributed by atoms with Crippen LogP contribution >= 0.6 is 0 Å². The maximum Gasteiger partial charge on any atom is 0.221 e. The Morgan fingerprint density at radius 2 is 1.31 bits per heavy atom. The van der Waals surface area contributed by atoms with E-state index in [2.05, 4.69) is 53.4 Å². The maximum absolute atomic E-state index is 12.6. The van der Waals surface area contributed by atoms with E-state index in [0.717, 1.165) is 13.1 Å². The van der Waals surface area contributed by atoms with Gasteiger partial charge in [0.25, 0.3) is 0 Å². The van der Waals surface area contributed by atoms with Gasteiger partial charge in [-0.05, 0) is 11.1 Å². The lowest BCUT2D eigenvalue weighted by Crippen LogP contribution is -2.55. The Balaban J connectivity index is 1.53. The monoisotopic (exact) mass is 372 g/mol. The van der Waals surface area contributed by atoms with Crippen LogP contribution in [0.5, 0.6) is 0 Å². The highest BCUT2D eigenvalue weighted by atomic mass is 32.2. The fourth-order valence-electron chi connectivity index (χ4n) is 3.70. The van der Waals surface area contributed by atoms with Crippen molar-refractivity contribution in [3.8, 4) is 0 Å². The summed E-state index contributed by atoms with van der Waals surface area (Å²) in [6, 6.07) is 21.0. The first kappa shape index (κ1) is 17.7. The topological polar surface area (TPSA) is 49.9 Å². The van der Waals surface area contributed by atoms with E-state index in [-0.39, 0.29) is 11.3 Å². The number of ether oxygens (including phenoxy) is 1. The summed E-state index contributed by atoms with van der Waals surface area (Å²) < 4.78 is 31.9. The molecule has 2 heterocycles. The van der Waals surface area contributed by atoms with Crippen LogP contribution in [-0.2, 0) is 14.8 Å². The fraction of sp³-hybridized carbons (Fsp3) is 0.400. The number of nitrogens with zero attached hydrogens (tertiary/aromatic N) is 2. The molecular weight excluding hydrogens is 348 g/mol. The van der Waals surface area contributed by atoms with Crippen LogP contribution < -0.4 is 0 Å². The Labute approximate surface area is 155 Å². The molecule has 2 aromatic rings. The lowest BCUT2D eigenvalue weighted by Gasteiger charge is -2.41. The second-order valence-electron chi connectivity index (χ2n) is 6.86. The van der Waals surface area contributed by atoms with Crippen molar-refractivity contribution < 1.29 is 13.2 Å². The smallest absolute Gasteiger partial charge is 0.221 e. The normalized spacial score (nSPS) is 20.2. The minimum Gasteiger partial charge on any atom is -0.378 e. The highest BCUT2D eigenvalue weighted by molar-refractivity contribution is 7.89. The molecule has 0 atom stereocenters. The molecule has 0 aromatic heterocycles. The molecule has 0 amide bonds. The van der Waals surface area contributed by atoms with E-state index >= 15 is 0 Å². The number of benzene rings is 2. The van der Waals surface area contributed by atoms with Crippen molar-refractivity contribution in [2.75, 3.05) is 39.4 Å².